The number of esters is 2. The fourth-order valence-corrected chi connectivity index (χ4v) is 8.02. The second kappa shape index (κ2) is 53.0. The highest BCUT2D eigenvalue weighted by molar-refractivity contribution is 5.71. The van der Waals surface area contributed by atoms with Gasteiger partial charge in [0.2, 0.25) is 0 Å². The first-order chi connectivity index (χ1) is 34.6. The number of nitrogens with zero attached hydrogens (tertiary/aromatic N) is 1. The van der Waals surface area contributed by atoms with E-state index < -0.39 is 24.3 Å². The largest absolute Gasteiger partial charge is 0.477 e. The van der Waals surface area contributed by atoms with Gasteiger partial charge in [-0.05, 0) is 64.2 Å². The number of hydrogen-bond acceptors (Lipinski definition) is 7. The maximum atomic E-state index is 12.9. The minimum absolute atomic E-state index is 0.182. The lowest BCUT2D eigenvalue weighted by atomic mass is 10.0. The van der Waals surface area contributed by atoms with Crippen LogP contribution in [0.15, 0.2) is 72.9 Å². The first-order valence-corrected chi connectivity index (χ1v) is 29.1. The number of carboxylic acid groups (broad SMARTS) is 1. The molecule has 0 heterocycles. The van der Waals surface area contributed by atoms with E-state index in [1.54, 1.807) is 0 Å². The Morgan fingerprint density at radius 2 is 0.803 bits per heavy atom. The van der Waals surface area contributed by atoms with Crippen molar-refractivity contribution in [3.8, 4) is 0 Å². The van der Waals surface area contributed by atoms with E-state index in [0.29, 0.717) is 17.4 Å². The smallest absolute Gasteiger partial charge is 0.361 e. The van der Waals surface area contributed by atoms with Crippen LogP contribution in [0.3, 0.4) is 0 Å². The van der Waals surface area contributed by atoms with E-state index in [0.717, 1.165) is 83.5 Å². The monoisotopic (exact) mass is 997 g/mol. The summed E-state index contributed by atoms with van der Waals surface area (Å²) in [7, 11) is 5.97. The second-order valence-electron chi connectivity index (χ2n) is 20.6. The van der Waals surface area contributed by atoms with Crippen LogP contribution in [0.25, 0.3) is 0 Å². The number of quaternary nitrogens is 1. The van der Waals surface area contributed by atoms with E-state index in [-0.39, 0.29) is 32.2 Å². The van der Waals surface area contributed by atoms with E-state index >= 15 is 0 Å². The summed E-state index contributed by atoms with van der Waals surface area (Å²) in [4.78, 5) is 37.4. The van der Waals surface area contributed by atoms with Gasteiger partial charge in [-0.1, -0.05) is 241 Å². The zero-order chi connectivity index (χ0) is 52.0. The normalized spacial score (nSPS) is 13.3. The van der Waals surface area contributed by atoms with E-state index in [9.17, 15) is 19.5 Å². The number of allylic oxidation sites excluding steroid dienone is 12. The molecule has 0 aliphatic rings. The van der Waals surface area contributed by atoms with Crippen molar-refractivity contribution in [3.63, 3.8) is 0 Å². The van der Waals surface area contributed by atoms with Crippen LogP contribution in [-0.4, -0.2) is 87.4 Å². The molecule has 410 valence electrons. The highest BCUT2D eigenvalue weighted by Crippen LogP contribution is 2.16. The number of likely N-dealkylation sites (N-methyl/N-ethyl adjacent to an activating group) is 1. The molecular formula is C62H110NO8+. The predicted octanol–water partition coefficient (Wildman–Crippen LogP) is 17.0. The summed E-state index contributed by atoms with van der Waals surface area (Å²) >= 11 is 0. The van der Waals surface area contributed by atoms with Crippen molar-refractivity contribution in [1.29, 1.82) is 0 Å². The van der Waals surface area contributed by atoms with E-state index in [4.69, 9.17) is 18.9 Å². The van der Waals surface area contributed by atoms with Gasteiger partial charge in [0, 0.05) is 12.8 Å². The quantitative estimate of drug-likeness (QED) is 0.0211. The molecule has 0 aliphatic heterocycles. The van der Waals surface area contributed by atoms with Crippen molar-refractivity contribution in [2.45, 2.75) is 257 Å². The molecule has 0 radical (unpaired) electrons. The summed E-state index contributed by atoms with van der Waals surface area (Å²) in [6, 6.07) is 0. The summed E-state index contributed by atoms with van der Waals surface area (Å²) < 4.78 is 22.9. The molecule has 71 heavy (non-hydrogen) atoms. The molecule has 0 amide bonds. The van der Waals surface area contributed by atoms with E-state index in [1.807, 2.05) is 21.1 Å². The van der Waals surface area contributed by atoms with Gasteiger partial charge in [0.1, 0.15) is 13.2 Å². The molecule has 2 atom stereocenters. The second-order valence-corrected chi connectivity index (χ2v) is 20.6. The van der Waals surface area contributed by atoms with E-state index in [1.165, 1.54) is 135 Å². The van der Waals surface area contributed by atoms with Crippen LogP contribution in [0, 0.1) is 0 Å². The van der Waals surface area contributed by atoms with Gasteiger partial charge in [-0.15, -0.1) is 0 Å². The van der Waals surface area contributed by atoms with Gasteiger partial charge in [0.25, 0.3) is 6.29 Å². The molecule has 0 aromatic heterocycles. The van der Waals surface area contributed by atoms with Crippen LogP contribution in [0.2, 0.25) is 0 Å². The summed E-state index contributed by atoms with van der Waals surface area (Å²) in [6.45, 7) is 4.78. The zero-order valence-electron chi connectivity index (χ0n) is 46.6. The highest BCUT2D eigenvalue weighted by Gasteiger charge is 2.25. The number of carboxylic acids is 1. The van der Waals surface area contributed by atoms with Crippen LogP contribution in [0.1, 0.15) is 245 Å². The molecule has 0 aromatic rings. The van der Waals surface area contributed by atoms with Gasteiger partial charge in [-0.25, -0.2) is 4.79 Å². The molecule has 9 nitrogen and oxygen atoms in total. The number of carbonyl (C=O) groups excluding carboxylic acids is 2. The number of ether oxygens (including phenoxy) is 4. The number of aliphatic carboxylic acids is 1. The topological polar surface area (TPSA) is 108 Å². The Kier molecular flexibility index (Phi) is 50.6. The number of unbranched alkanes of at least 4 members (excludes halogenated alkanes) is 26. The maximum absolute atomic E-state index is 12.9. The first kappa shape index (κ1) is 67.7. The minimum Gasteiger partial charge on any atom is -0.477 e. The van der Waals surface area contributed by atoms with Gasteiger partial charge in [-0.2, -0.15) is 0 Å². The van der Waals surface area contributed by atoms with Crippen LogP contribution in [-0.2, 0) is 33.3 Å². The van der Waals surface area contributed by atoms with Crippen molar-refractivity contribution in [3.05, 3.63) is 72.9 Å². The molecular weight excluding hydrogens is 887 g/mol. The Morgan fingerprint density at radius 1 is 0.437 bits per heavy atom. The fourth-order valence-electron chi connectivity index (χ4n) is 8.02. The lowest BCUT2D eigenvalue weighted by molar-refractivity contribution is -0.870. The Balaban J connectivity index is 4.19. The molecule has 9 heteroatoms. The average molecular weight is 998 g/mol. The van der Waals surface area contributed by atoms with Gasteiger partial charge >= 0.3 is 17.9 Å². The summed E-state index contributed by atoms with van der Waals surface area (Å²) in [6.07, 6.45) is 65.5. The summed E-state index contributed by atoms with van der Waals surface area (Å²) in [5, 5.41) is 9.69. The molecule has 0 saturated carbocycles. The van der Waals surface area contributed by atoms with Crippen LogP contribution >= 0.6 is 0 Å². The third kappa shape index (κ3) is 54.3. The molecule has 0 rings (SSSR count). The van der Waals surface area contributed by atoms with Gasteiger partial charge in [-0.3, -0.25) is 9.59 Å². The molecule has 0 bridgehead atoms. The number of hydrogen-bond donors (Lipinski definition) is 1. The molecule has 0 spiro atoms. The van der Waals surface area contributed by atoms with Crippen molar-refractivity contribution >= 4 is 17.9 Å². The highest BCUT2D eigenvalue weighted by atomic mass is 16.7. The van der Waals surface area contributed by atoms with E-state index in [2.05, 4.69) is 86.8 Å². The molecule has 0 fully saturated rings. The van der Waals surface area contributed by atoms with Crippen molar-refractivity contribution in [2.75, 3.05) is 47.5 Å². The minimum atomic E-state index is -1.51. The van der Waals surface area contributed by atoms with Gasteiger partial charge in [0.05, 0.1) is 34.4 Å². The Bertz CT molecular complexity index is 1390. The van der Waals surface area contributed by atoms with Crippen molar-refractivity contribution in [1.82, 2.24) is 0 Å². The van der Waals surface area contributed by atoms with Crippen molar-refractivity contribution in [2.24, 2.45) is 0 Å². The maximum Gasteiger partial charge on any atom is 0.361 e. The SMILES string of the molecule is CC/C=C\C/C=C\C/C=C\C/C=C\C/C=C\C/C=C\CCCCCCCCCCCCCCC(=O)OC(COC(=O)CCCCCCCCCCCCCCCCC)COC(OCC[N+](C)(C)C)C(=O)O. The molecule has 1 N–H and O–H groups in total. The molecule has 0 aliphatic carbocycles. The first-order valence-electron chi connectivity index (χ1n) is 29.1. The van der Waals surface area contributed by atoms with Crippen molar-refractivity contribution < 1.29 is 42.9 Å². The van der Waals surface area contributed by atoms with Crippen LogP contribution < -0.4 is 0 Å². The lowest BCUT2D eigenvalue weighted by Crippen LogP contribution is -2.40. The molecule has 2 unspecified atom stereocenters. The molecule has 0 saturated heterocycles. The standard InChI is InChI=1S/C62H109NO8/c1-6-8-10-12-14-16-18-20-22-23-24-25-26-27-28-29-30-31-32-33-34-35-36-37-39-41-43-45-47-49-51-53-60(65)71-58(57-70-62(61(66)67)68-55-54-63(3,4)5)56-69-59(64)52-50-48-46-44-42-40-38-21-19-17-15-13-11-9-7-2/h8,10,14,16,20,22,24-25,27-28,30-31,58,62H,6-7,9,11-13,15,17-19,21,23,26,29,32-57H2,1-5H3/p+1/b10-8-,16-14-,22-20-,25-24-,28-27-,31-30-. The Labute approximate surface area is 437 Å². The lowest BCUT2D eigenvalue weighted by Gasteiger charge is -2.25. The summed E-state index contributed by atoms with van der Waals surface area (Å²) in [5.41, 5.74) is 0. The average Bonchev–Trinajstić information content (AvgIpc) is 3.34. The number of rotatable bonds is 53. The van der Waals surface area contributed by atoms with Crippen LogP contribution in [0.4, 0.5) is 0 Å². The van der Waals surface area contributed by atoms with Crippen LogP contribution in [0.5, 0.6) is 0 Å². The number of carbonyl (C=O) groups is 3. The third-order valence-corrected chi connectivity index (χ3v) is 12.5. The van der Waals surface area contributed by atoms with Gasteiger partial charge < -0.3 is 28.5 Å². The Hall–Kier alpha value is -3.27. The zero-order valence-corrected chi connectivity index (χ0v) is 46.6. The fraction of sp³-hybridized carbons (Fsp3) is 0.758. The van der Waals surface area contributed by atoms with Gasteiger partial charge in [0.15, 0.2) is 6.10 Å². The Morgan fingerprint density at radius 3 is 1.20 bits per heavy atom. The molecule has 0 aromatic carbocycles. The summed E-state index contributed by atoms with van der Waals surface area (Å²) in [5.74, 6) is -2.00. The third-order valence-electron chi connectivity index (χ3n) is 12.5. The predicted molar refractivity (Wildman–Crippen MR) is 299 cm³/mol.